The van der Waals surface area contributed by atoms with Gasteiger partial charge in [-0.25, -0.2) is 4.98 Å². The monoisotopic (exact) mass is 334 g/mol. The van der Waals surface area contributed by atoms with Crippen LogP contribution in [0.2, 0.25) is 0 Å². The van der Waals surface area contributed by atoms with Crippen molar-refractivity contribution in [3.63, 3.8) is 0 Å². The maximum Gasteiger partial charge on any atom is 0.129 e. The molecule has 106 valence electrons. The summed E-state index contributed by atoms with van der Waals surface area (Å²) in [6.07, 6.45) is 2.79. The Labute approximate surface area is 128 Å². The SMILES string of the molecule is CCCOc1ccc(C(C)Nc2cccnc2Br)cc1. The molecule has 1 heterocycles. The van der Waals surface area contributed by atoms with Crippen LogP contribution >= 0.6 is 15.9 Å². The summed E-state index contributed by atoms with van der Waals surface area (Å²) in [7, 11) is 0. The molecular weight excluding hydrogens is 316 g/mol. The van der Waals surface area contributed by atoms with Crippen LogP contribution < -0.4 is 10.1 Å². The third-order valence-electron chi connectivity index (χ3n) is 2.98. The highest BCUT2D eigenvalue weighted by atomic mass is 79.9. The maximum absolute atomic E-state index is 5.59. The van der Waals surface area contributed by atoms with E-state index in [1.165, 1.54) is 5.56 Å². The number of rotatable bonds is 6. The van der Waals surface area contributed by atoms with E-state index >= 15 is 0 Å². The molecule has 0 aliphatic carbocycles. The Bertz CT molecular complexity index is 542. The van der Waals surface area contributed by atoms with Gasteiger partial charge in [0, 0.05) is 12.2 Å². The summed E-state index contributed by atoms with van der Waals surface area (Å²) in [6, 6.07) is 12.3. The molecule has 4 heteroatoms. The lowest BCUT2D eigenvalue weighted by Crippen LogP contribution is -2.07. The van der Waals surface area contributed by atoms with Crippen molar-refractivity contribution in [2.45, 2.75) is 26.3 Å². The Balaban J connectivity index is 2.02. The number of halogens is 1. The molecule has 1 atom stereocenters. The average Bonchev–Trinajstić information content (AvgIpc) is 2.48. The summed E-state index contributed by atoms with van der Waals surface area (Å²) in [5.74, 6) is 0.922. The summed E-state index contributed by atoms with van der Waals surface area (Å²) in [5.41, 5.74) is 2.20. The predicted octanol–water partition coefficient (Wildman–Crippen LogP) is 4.81. The van der Waals surface area contributed by atoms with Crippen molar-refractivity contribution in [1.29, 1.82) is 0 Å². The van der Waals surface area contributed by atoms with E-state index in [-0.39, 0.29) is 6.04 Å². The van der Waals surface area contributed by atoms with Crippen LogP contribution in [0.1, 0.15) is 31.9 Å². The number of nitrogens with one attached hydrogen (secondary N) is 1. The predicted molar refractivity (Wildman–Crippen MR) is 86.2 cm³/mol. The zero-order chi connectivity index (χ0) is 14.4. The van der Waals surface area contributed by atoms with Gasteiger partial charge in [0.2, 0.25) is 0 Å². The minimum Gasteiger partial charge on any atom is -0.494 e. The molecular formula is C16H19BrN2O. The first-order valence-electron chi connectivity index (χ1n) is 6.80. The molecule has 0 aliphatic rings. The van der Waals surface area contributed by atoms with Gasteiger partial charge in [-0.1, -0.05) is 19.1 Å². The van der Waals surface area contributed by atoms with Crippen LogP contribution in [-0.2, 0) is 0 Å². The number of anilines is 1. The van der Waals surface area contributed by atoms with Gasteiger partial charge >= 0.3 is 0 Å². The fraction of sp³-hybridized carbons (Fsp3) is 0.312. The Morgan fingerprint density at radius 3 is 2.65 bits per heavy atom. The zero-order valence-electron chi connectivity index (χ0n) is 11.8. The Morgan fingerprint density at radius 1 is 1.25 bits per heavy atom. The summed E-state index contributed by atoms with van der Waals surface area (Å²) in [6.45, 7) is 4.99. The third-order valence-corrected chi connectivity index (χ3v) is 3.62. The molecule has 0 radical (unpaired) electrons. The molecule has 2 rings (SSSR count). The van der Waals surface area contributed by atoms with Crippen molar-refractivity contribution >= 4 is 21.6 Å². The molecule has 3 nitrogen and oxygen atoms in total. The van der Waals surface area contributed by atoms with Gasteiger partial charge in [-0.2, -0.15) is 0 Å². The molecule has 0 bridgehead atoms. The van der Waals surface area contributed by atoms with Gasteiger partial charge < -0.3 is 10.1 Å². The molecule has 1 N–H and O–H groups in total. The smallest absolute Gasteiger partial charge is 0.129 e. The van der Waals surface area contributed by atoms with Crippen molar-refractivity contribution in [1.82, 2.24) is 4.98 Å². The second-order valence-corrected chi connectivity index (χ2v) is 5.38. The summed E-state index contributed by atoms with van der Waals surface area (Å²) in [5, 5.41) is 3.44. The van der Waals surface area contributed by atoms with Crippen LogP contribution in [0.3, 0.4) is 0 Å². The third kappa shape index (κ3) is 3.97. The minimum atomic E-state index is 0.204. The van der Waals surface area contributed by atoms with Crippen LogP contribution in [0, 0.1) is 0 Å². The van der Waals surface area contributed by atoms with E-state index in [0.717, 1.165) is 29.1 Å². The quantitative estimate of drug-likeness (QED) is 0.770. The summed E-state index contributed by atoms with van der Waals surface area (Å²) < 4.78 is 6.42. The van der Waals surface area contributed by atoms with Gasteiger partial charge in [0.15, 0.2) is 0 Å². The molecule has 1 aromatic heterocycles. The lowest BCUT2D eigenvalue weighted by Gasteiger charge is -2.17. The number of nitrogens with zero attached hydrogens (tertiary/aromatic N) is 1. The zero-order valence-corrected chi connectivity index (χ0v) is 13.4. The Kier molecular flexibility index (Phi) is 5.41. The molecule has 0 aliphatic heterocycles. The van der Waals surface area contributed by atoms with Gasteiger partial charge in [-0.05, 0) is 59.1 Å². The standard InChI is InChI=1S/C16H19BrN2O/c1-3-11-20-14-8-6-13(7-9-14)12(2)19-15-5-4-10-18-16(15)17/h4-10,12,19H,3,11H2,1-2H3. The fourth-order valence-corrected chi connectivity index (χ4v) is 2.25. The number of hydrogen-bond acceptors (Lipinski definition) is 3. The van der Waals surface area contributed by atoms with Crippen LogP contribution in [0.25, 0.3) is 0 Å². The average molecular weight is 335 g/mol. The highest BCUT2D eigenvalue weighted by Crippen LogP contribution is 2.25. The largest absolute Gasteiger partial charge is 0.494 e. The van der Waals surface area contributed by atoms with Crippen molar-refractivity contribution in [2.75, 3.05) is 11.9 Å². The van der Waals surface area contributed by atoms with Gasteiger partial charge in [-0.15, -0.1) is 0 Å². The lowest BCUT2D eigenvalue weighted by atomic mass is 10.1. The van der Waals surface area contributed by atoms with E-state index in [9.17, 15) is 0 Å². The van der Waals surface area contributed by atoms with Gasteiger partial charge in [-0.3, -0.25) is 0 Å². The van der Waals surface area contributed by atoms with Crippen LogP contribution in [-0.4, -0.2) is 11.6 Å². The van der Waals surface area contributed by atoms with E-state index in [1.54, 1.807) is 6.20 Å². The van der Waals surface area contributed by atoms with E-state index in [2.05, 4.69) is 52.2 Å². The second-order valence-electron chi connectivity index (χ2n) is 4.63. The van der Waals surface area contributed by atoms with Crippen molar-refractivity contribution < 1.29 is 4.74 Å². The number of ether oxygens (including phenoxy) is 1. The molecule has 0 saturated heterocycles. The first kappa shape index (κ1) is 14.9. The maximum atomic E-state index is 5.59. The van der Waals surface area contributed by atoms with Crippen LogP contribution in [0.4, 0.5) is 5.69 Å². The molecule has 0 fully saturated rings. The Morgan fingerprint density at radius 2 is 2.00 bits per heavy atom. The van der Waals surface area contributed by atoms with Crippen molar-refractivity contribution in [3.05, 3.63) is 52.8 Å². The van der Waals surface area contributed by atoms with E-state index in [1.807, 2.05) is 24.3 Å². The molecule has 0 amide bonds. The van der Waals surface area contributed by atoms with Gasteiger partial charge in [0.25, 0.3) is 0 Å². The first-order valence-corrected chi connectivity index (χ1v) is 7.60. The molecule has 0 spiro atoms. The molecule has 1 unspecified atom stereocenters. The molecule has 2 aromatic rings. The van der Waals surface area contributed by atoms with E-state index in [4.69, 9.17) is 4.74 Å². The molecule has 1 aromatic carbocycles. The van der Waals surface area contributed by atoms with Gasteiger partial charge in [0.1, 0.15) is 10.4 Å². The van der Waals surface area contributed by atoms with Gasteiger partial charge in [0.05, 0.1) is 12.3 Å². The minimum absolute atomic E-state index is 0.204. The topological polar surface area (TPSA) is 34.1 Å². The number of pyridine rings is 1. The van der Waals surface area contributed by atoms with Crippen LogP contribution in [0.5, 0.6) is 5.75 Å². The number of aromatic nitrogens is 1. The molecule has 20 heavy (non-hydrogen) atoms. The van der Waals surface area contributed by atoms with Crippen LogP contribution in [0.15, 0.2) is 47.2 Å². The second kappa shape index (κ2) is 7.29. The van der Waals surface area contributed by atoms with Crippen molar-refractivity contribution in [3.8, 4) is 5.75 Å². The fourth-order valence-electron chi connectivity index (χ4n) is 1.88. The van der Waals surface area contributed by atoms with E-state index < -0.39 is 0 Å². The lowest BCUT2D eigenvalue weighted by molar-refractivity contribution is 0.317. The van der Waals surface area contributed by atoms with E-state index in [0.29, 0.717) is 0 Å². The summed E-state index contributed by atoms with van der Waals surface area (Å²) >= 11 is 3.44. The molecule has 0 saturated carbocycles. The normalized spacial score (nSPS) is 11.9. The Hall–Kier alpha value is -1.55. The first-order chi connectivity index (χ1) is 9.70. The highest BCUT2D eigenvalue weighted by Gasteiger charge is 2.07. The van der Waals surface area contributed by atoms with Crippen molar-refractivity contribution in [2.24, 2.45) is 0 Å². The summed E-state index contributed by atoms with van der Waals surface area (Å²) in [4.78, 5) is 4.21. The number of hydrogen-bond donors (Lipinski definition) is 1. The number of benzene rings is 1. The highest BCUT2D eigenvalue weighted by molar-refractivity contribution is 9.10.